The Morgan fingerprint density at radius 1 is 1.40 bits per heavy atom. The second kappa shape index (κ2) is 6.01. The second-order valence-corrected chi connectivity index (χ2v) is 4.34. The Kier molecular flexibility index (Phi) is 4.14. The van der Waals surface area contributed by atoms with Crippen LogP contribution in [0.2, 0.25) is 0 Å². The van der Waals surface area contributed by atoms with Gasteiger partial charge in [0.25, 0.3) is 5.69 Å². The van der Waals surface area contributed by atoms with Crippen molar-refractivity contribution in [2.24, 2.45) is 0 Å². The summed E-state index contributed by atoms with van der Waals surface area (Å²) in [5.74, 6) is 0. The van der Waals surface area contributed by atoms with E-state index in [2.05, 4.69) is 17.2 Å². The maximum Gasteiger partial charge on any atom is 0.271 e. The van der Waals surface area contributed by atoms with Crippen molar-refractivity contribution in [1.29, 1.82) is 0 Å². The number of hydrogen-bond acceptors (Lipinski definition) is 5. The first-order valence-electron chi connectivity index (χ1n) is 6.32. The monoisotopic (exact) mass is 272 g/mol. The molecule has 104 valence electrons. The minimum absolute atomic E-state index is 0.0138. The molecule has 0 aliphatic heterocycles. The molecule has 6 nitrogen and oxygen atoms in total. The van der Waals surface area contributed by atoms with Crippen LogP contribution in [0.25, 0.3) is 0 Å². The molecule has 1 aromatic heterocycles. The summed E-state index contributed by atoms with van der Waals surface area (Å²) >= 11 is 0. The van der Waals surface area contributed by atoms with E-state index in [-0.39, 0.29) is 5.69 Å². The maximum atomic E-state index is 10.6. The molecule has 0 bridgehead atoms. The van der Waals surface area contributed by atoms with Gasteiger partial charge in [0.2, 0.25) is 0 Å². The van der Waals surface area contributed by atoms with Gasteiger partial charge in [-0.15, -0.1) is 0 Å². The minimum Gasteiger partial charge on any atom is -0.397 e. The summed E-state index contributed by atoms with van der Waals surface area (Å²) < 4.78 is 0. The number of non-ortho nitro benzene ring substituents is 1. The number of pyridine rings is 1. The van der Waals surface area contributed by atoms with Gasteiger partial charge in [-0.1, -0.05) is 13.0 Å². The lowest BCUT2D eigenvalue weighted by atomic mass is 10.1. The van der Waals surface area contributed by atoms with Gasteiger partial charge in [0.05, 0.1) is 28.5 Å². The van der Waals surface area contributed by atoms with Crippen LogP contribution in [-0.2, 0) is 13.0 Å². The predicted octanol–water partition coefficient (Wildman–Crippen LogP) is 2.75. The van der Waals surface area contributed by atoms with E-state index in [1.54, 1.807) is 12.3 Å². The van der Waals surface area contributed by atoms with E-state index in [1.807, 2.05) is 12.1 Å². The molecule has 6 heteroatoms. The number of rotatable bonds is 5. The molecular weight excluding hydrogens is 256 g/mol. The van der Waals surface area contributed by atoms with Crippen LogP contribution in [0.4, 0.5) is 17.1 Å². The lowest BCUT2D eigenvalue weighted by Crippen LogP contribution is -2.06. The fourth-order valence-electron chi connectivity index (χ4n) is 1.96. The molecule has 1 heterocycles. The molecule has 3 N–H and O–H groups in total. The number of nitrogen functional groups attached to an aromatic ring is 1. The maximum absolute atomic E-state index is 10.6. The summed E-state index contributed by atoms with van der Waals surface area (Å²) in [6, 6.07) is 8.33. The molecule has 0 saturated heterocycles. The van der Waals surface area contributed by atoms with Gasteiger partial charge in [0.15, 0.2) is 0 Å². The summed E-state index contributed by atoms with van der Waals surface area (Å²) in [4.78, 5) is 14.5. The number of aromatic nitrogens is 1. The molecule has 0 spiro atoms. The Bertz CT molecular complexity index is 628. The second-order valence-electron chi connectivity index (χ2n) is 4.34. The van der Waals surface area contributed by atoms with Crippen molar-refractivity contribution in [2.45, 2.75) is 19.9 Å². The van der Waals surface area contributed by atoms with Crippen LogP contribution < -0.4 is 11.1 Å². The van der Waals surface area contributed by atoms with Crippen LogP contribution in [-0.4, -0.2) is 9.91 Å². The van der Waals surface area contributed by atoms with E-state index in [0.717, 1.165) is 12.1 Å². The van der Waals surface area contributed by atoms with Crippen LogP contribution in [0, 0.1) is 10.1 Å². The van der Waals surface area contributed by atoms with Crippen molar-refractivity contribution in [3.63, 3.8) is 0 Å². The first-order chi connectivity index (χ1) is 9.61. The van der Waals surface area contributed by atoms with Crippen molar-refractivity contribution < 1.29 is 4.92 Å². The number of nitro groups is 1. The number of aryl methyl sites for hydroxylation is 1. The predicted molar refractivity (Wildman–Crippen MR) is 78.5 cm³/mol. The quantitative estimate of drug-likeness (QED) is 0.496. The molecule has 2 rings (SSSR count). The van der Waals surface area contributed by atoms with Crippen LogP contribution in [0.5, 0.6) is 0 Å². The molecule has 0 saturated carbocycles. The highest BCUT2D eigenvalue weighted by atomic mass is 16.6. The summed E-state index contributed by atoms with van der Waals surface area (Å²) in [6.07, 6.45) is 2.65. The van der Waals surface area contributed by atoms with Gasteiger partial charge < -0.3 is 11.1 Å². The zero-order valence-corrected chi connectivity index (χ0v) is 11.2. The van der Waals surface area contributed by atoms with Crippen molar-refractivity contribution in [3.05, 3.63) is 57.9 Å². The Balaban J connectivity index is 2.13. The van der Waals surface area contributed by atoms with E-state index in [9.17, 15) is 10.1 Å². The SMILES string of the molecule is CCc1cccnc1CNc1ccc([N+](=O)[O-])cc1N. The van der Waals surface area contributed by atoms with E-state index in [4.69, 9.17) is 5.73 Å². The third kappa shape index (κ3) is 3.03. The zero-order chi connectivity index (χ0) is 14.5. The smallest absolute Gasteiger partial charge is 0.271 e. The van der Waals surface area contributed by atoms with Gasteiger partial charge in [0.1, 0.15) is 0 Å². The first kappa shape index (κ1) is 13.8. The number of nitrogens with zero attached hydrogens (tertiary/aromatic N) is 2. The minimum atomic E-state index is -0.464. The van der Waals surface area contributed by atoms with Gasteiger partial charge in [-0.05, 0) is 24.1 Å². The highest BCUT2D eigenvalue weighted by Crippen LogP contribution is 2.24. The topological polar surface area (TPSA) is 94.1 Å². The highest BCUT2D eigenvalue weighted by molar-refractivity contribution is 5.69. The average molecular weight is 272 g/mol. The van der Waals surface area contributed by atoms with Gasteiger partial charge in [-0.25, -0.2) is 0 Å². The molecule has 0 fully saturated rings. The third-order valence-corrected chi connectivity index (χ3v) is 3.06. The molecule has 20 heavy (non-hydrogen) atoms. The molecule has 2 aromatic rings. The largest absolute Gasteiger partial charge is 0.397 e. The van der Waals surface area contributed by atoms with Gasteiger partial charge in [-0.2, -0.15) is 0 Å². The van der Waals surface area contributed by atoms with Gasteiger partial charge >= 0.3 is 0 Å². The molecule has 0 unspecified atom stereocenters. The van der Waals surface area contributed by atoms with E-state index in [0.29, 0.717) is 17.9 Å². The summed E-state index contributed by atoms with van der Waals surface area (Å²) in [7, 11) is 0. The molecule has 1 aromatic carbocycles. The summed E-state index contributed by atoms with van der Waals surface area (Å²) in [6.45, 7) is 2.60. The average Bonchev–Trinajstić information content (AvgIpc) is 2.46. The fourth-order valence-corrected chi connectivity index (χ4v) is 1.96. The van der Waals surface area contributed by atoms with E-state index < -0.39 is 4.92 Å². The van der Waals surface area contributed by atoms with Crippen molar-refractivity contribution in [3.8, 4) is 0 Å². The highest BCUT2D eigenvalue weighted by Gasteiger charge is 2.09. The number of nitrogens with two attached hydrogens (primary N) is 1. The van der Waals surface area contributed by atoms with Gasteiger partial charge in [0, 0.05) is 18.3 Å². The standard InChI is InChI=1S/C14H16N4O2/c1-2-10-4-3-7-16-14(10)9-17-13-6-5-11(18(19)20)8-12(13)15/h3-8,17H,2,9,15H2,1H3. The number of nitro benzene ring substituents is 1. The summed E-state index contributed by atoms with van der Waals surface area (Å²) in [5.41, 5.74) is 8.94. The molecule has 0 atom stereocenters. The Morgan fingerprint density at radius 3 is 2.85 bits per heavy atom. The van der Waals surface area contributed by atoms with E-state index >= 15 is 0 Å². The lowest BCUT2D eigenvalue weighted by Gasteiger charge is -2.11. The Labute approximate surface area is 116 Å². The number of anilines is 2. The van der Waals surface area contributed by atoms with Crippen LogP contribution in [0.3, 0.4) is 0 Å². The van der Waals surface area contributed by atoms with Crippen LogP contribution in [0.1, 0.15) is 18.2 Å². The van der Waals surface area contributed by atoms with Gasteiger partial charge in [-0.3, -0.25) is 15.1 Å². The number of nitrogens with one attached hydrogen (secondary N) is 1. The molecular formula is C14H16N4O2. The van der Waals surface area contributed by atoms with Crippen molar-refractivity contribution in [1.82, 2.24) is 4.98 Å². The lowest BCUT2D eigenvalue weighted by molar-refractivity contribution is -0.384. The Morgan fingerprint density at radius 2 is 2.20 bits per heavy atom. The number of benzene rings is 1. The van der Waals surface area contributed by atoms with Crippen LogP contribution in [0.15, 0.2) is 36.5 Å². The normalized spacial score (nSPS) is 10.2. The molecule has 0 radical (unpaired) electrons. The summed E-state index contributed by atoms with van der Waals surface area (Å²) in [5, 5.41) is 13.8. The first-order valence-corrected chi connectivity index (χ1v) is 6.32. The van der Waals surface area contributed by atoms with Crippen molar-refractivity contribution >= 4 is 17.1 Å². The fraction of sp³-hybridized carbons (Fsp3) is 0.214. The van der Waals surface area contributed by atoms with E-state index in [1.165, 1.54) is 17.7 Å². The molecule has 0 amide bonds. The molecule has 0 aliphatic rings. The van der Waals surface area contributed by atoms with Crippen LogP contribution >= 0.6 is 0 Å². The van der Waals surface area contributed by atoms with Crippen molar-refractivity contribution in [2.75, 3.05) is 11.1 Å². The Hall–Kier alpha value is -2.63. The zero-order valence-electron chi connectivity index (χ0n) is 11.2. The molecule has 0 aliphatic carbocycles. The third-order valence-electron chi connectivity index (χ3n) is 3.06. The number of hydrogen-bond donors (Lipinski definition) is 2.